The lowest BCUT2D eigenvalue weighted by Crippen LogP contribution is -2.04. The predicted molar refractivity (Wildman–Crippen MR) is 58.3 cm³/mol. The standard InChI is InChI=1S/C12H17NO2/c1-8-10(12(14)15)7-11(13-8)9-5-3-2-4-6-9/h7,9,13H,2-6H2,1H3,(H,14,15). The van der Waals surface area contributed by atoms with Gasteiger partial charge in [-0.2, -0.15) is 0 Å². The smallest absolute Gasteiger partial charge is 0.337 e. The molecule has 1 aliphatic carbocycles. The van der Waals surface area contributed by atoms with Crippen LogP contribution in [0.5, 0.6) is 0 Å². The van der Waals surface area contributed by atoms with Gasteiger partial charge in [-0.15, -0.1) is 0 Å². The molecule has 0 aromatic carbocycles. The van der Waals surface area contributed by atoms with Gasteiger partial charge >= 0.3 is 5.97 Å². The summed E-state index contributed by atoms with van der Waals surface area (Å²) in [5.74, 6) is -0.281. The molecule has 0 bridgehead atoms. The number of carboxylic acid groups (broad SMARTS) is 1. The molecule has 1 aromatic heterocycles. The van der Waals surface area contributed by atoms with E-state index in [2.05, 4.69) is 4.98 Å². The highest BCUT2D eigenvalue weighted by atomic mass is 16.4. The van der Waals surface area contributed by atoms with Crippen LogP contribution in [0, 0.1) is 6.92 Å². The van der Waals surface area contributed by atoms with E-state index in [0.717, 1.165) is 11.4 Å². The van der Waals surface area contributed by atoms with Crippen molar-refractivity contribution in [3.05, 3.63) is 23.0 Å². The van der Waals surface area contributed by atoms with E-state index in [1.807, 2.05) is 13.0 Å². The van der Waals surface area contributed by atoms with Gasteiger partial charge in [-0.05, 0) is 31.7 Å². The molecule has 1 aromatic rings. The topological polar surface area (TPSA) is 53.1 Å². The van der Waals surface area contributed by atoms with Crippen molar-refractivity contribution in [1.29, 1.82) is 0 Å². The van der Waals surface area contributed by atoms with E-state index in [-0.39, 0.29) is 0 Å². The van der Waals surface area contributed by atoms with Gasteiger partial charge in [0.15, 0.2) is 0 Å². The van der Waals surface area contributed by atoms with E-state index < -0.39 is 5.97 Å². The number of aryl methyl sites for hydroxylation is 1. The fraction of sp³-hybridized carbons (Fsp3) is 0.583. The molecule has 1 heterocycles. The van der Waals surface area contributed by atoms with Gasteiger partial charge in [-0.1, -0.05) is 19.3 Å². The highest BCUT2D eigenvalue weighted by Gasteiger charge is 2.19. The van der Waals surface area contributed by atoms with Crippen molar-refractivity contribution in [3.8, 4) is 0 Å². The molecule has 1 aliphatic rings. The first-order chi connectivity index (χ1) is 7.18. The molecule has 0 radical (unpaired) electrons. The number of nitrogens with one attached hydrogen (secondary N) is 1. The lowest BCUT2D eigenvalue weighted by atomic mass is 9.87. The molecule has 0 atom stereocenters. The average molecular weight is 207 g/mol. The Kier molecular flexibility index (Phi) is 2.80. The summed E-state index contributed by atoms with van der Waals surface area (Å²) in [6.07, 6.45) is 6.25. The molecule has 1 fully saturated rings. The first kappa shape index (κ1) is 10.3. The number of aromatic carboxylic acids is 1. The number of carboxylic acids is 1. The van der Waals surface area contributed by atoms with Crippen molar-refractivity contribution >= 4 is 5.97 Å². The van der Waals surface area contributed by atoms with Crippen LogP contribution in [0.15, 0.2) is 6.07 Å². The van der Waals surface area contributed by atoms with Gasteiger partial charge in [0.05, 0.1) is 5.56 Å². The molecule has 3 heteroatoms. The number of carbonyl (C=O) groups is 1. The van der Waals surface area contributed by atoms with Crippen LogP contribution in [0.25, 0.3) is 0 Å². The molecule has 15 heavy (non-hydrogen) atoms. The Morgan fingerprint density at radius 1 is 1.40 bits per heavy atom. The van der Waals surface area contributed by atoms with Crippen molar-refractivity contribution in [1.82, 2.24) is 4.98 Å². The second kappa shape index (κ2) is 4.09. The highest BCUT2D eigenvalue weighted by Crippen LogP contribution is 2.32. The monoisotopic (exact) mass is 207 g/mol. The minimum Gasteiger partial charge on any atom is -0.478 e. The average Bonchev–Trinajstić information content (AvgIpc) is 2.62. The molecular formula is C12H17NO2. The Labute approximate surface area is 89.5 Å². The van der Waals surface area contributed by atoms with E-state index in [1.54, 1.807) is 0 Å². The zero-order valence-corrected chi connectivity index (χ0v) is 9.05. The molecular weight excluding hydrogens is 190 g/mol. The van der Waals surface area contributed by atoms with Crippen LogP contribution >= 0.6 is 0 Å². The van der Waals surface area contributed by atoms with Crippen molar-refractivity contribution in [2.45, 2.75) is 44.9 Å². The first-order valence-corrected chi connectivity index (χ1v) is 5.61. The predicted octanol–water partition coefficient (Wildman–Crippen LogP) is 3.07. The quantitative estimate of drug-likeness (QED) is 0.783. The summed E-state index contributed by atoms with van der Waals surface area (Å²) in [6.45, 7) is 1.83. The Bertz CT molecular complexity index is 362. The number of aromatic amines is 1. The maximum absolute atomic E-state index is 10.9. The largest absolute Gasteiger partial charge is 0.478 e. The van der Waals surface area contributed by atoms with E-state index in [9.17, 15) is 4.79 Å². The van der Waals surface area contributed by atoms with Crippen molar-refractivity contribution in [3.63, 3.8) is 0 Å². The van der Waals surface area contributed by atoms with Crippen molar-refractivity contribution in [2.75, 3.05) is 0 Å². The zero-order valence-electron chi connectivity index (χ0n) is 9.05. The summed E-state index contributed by atoms with van der Waals surface area (Å²) >= 11 is 0. The molecule has 0 spiro atoms. The van der Waals surface area contributed by atoms with Crippen LogP contribution in [0.1, 0.15) is 59.8 Å². The third-order valence-corrected chi connectivity index (χ3v) is 3.31. The molecule has 0 unspecified atom stereocenters. The minimum atomic E-state index is -0.828. The maximum Gasteiger partial charge on any atom is 0.337 e. The summed E-state index contributed by atoms with van der Waals surface area (Å²) in [4.78, 5) is 14.1. The number of hydrogen-bond acceptors (Lipinski definition) is 1. The lowest BCUT2D eigenvalue weighted by molar-refractivity contribution is 0.0696. The second-order valence-electron chi connectivity index (χ2n) is 4.40. The lowest BCUT2D eigenvalue weighted by Gasteiger charge is -2.20. The SMILES string of the molecule is Cc1[nH]c(C2CCCCC2)cc1C(=O)O. The molecule has 3 nitrogen and oxygen atoms in total. The third kappa shape index (κ3) is 2.06. The van der Waals surface area contributed by atoms with Gasteiger partial charge in [0.1, 0.15) is 0 Å². The van der Waals surface area contributed by atoms with Gasteiger partial charge in [-0.3, -0.25) is 0 Å². The van der Waals surface area contributed by atoms with E-state index in [0.29, 0.717) is 11.5 Å². The normalized spacial score (nSPS) is 17.9. The van der Waals surface area contributed by atoms with Crippen molar-refractivity contribution in [2.24, 2.45) is 0 Å². The fourth-order valence-corrected chi connectivity index (χ4v) is 2.44. The Hall–Kier alpha value is -1.25. The van der Waals surface area contributed by atoms with E-state index in [4.69, 9.17) is 5.11 Å². The van der Waals surface area contributed by atoms with Gasteiger partial charge in [0.25, 0.3) is 0 Å². The summed E-state index contributed by atoms with van der Waals surface area (Å²) in [6, 6.07) is 1.81. The number of aromatic nitrogens is 1. The fourth-order valence-electron chi connectivity index (χ4n) is 2.44. The highest BCUT2D eigenvalue weighted by molar-refractivity contribution is 5.89. The van der Waals surface area contributed by atoms with Crippen LogP contribution < -0.4 is 0 Å². The number of H-pyrrole nitrogens is 1. The molecule has 1 saturated carbocycles. The first-order valence-electron chi connectivity index (χ1n) is 5.61. The minimum absolute atomic E-state index is 0.426. The van der Waals surface area contributed by atoms with Gasteiger partial charge in [0.2, 0.25) is 0 Å². The number of rotatable bonds is 2. The Morgan fingerprint density at radius 2 is 2.07 bits per heavy atom. The van der Waals surface area contributed by atoms with Crippen LogP contribution in [-0.2, 0) is 0 Å². The Morgan fingerprint density at radius 3 is 2.60 bits per heavy atom. The molecule has 0 amide bonds. The molecule has 2 N–H and O–H groups in total. The third-order valence-electron chi connectivity index (χ3n) is 3.31. The molecule has 2 rings (SSSR count). The van der Waals surface area contributed by atoms with Crippen molar-refractivity contribution < 1.29 is 9.90 Å². The van der Waals surface area contributed by atoms with E-state index >= 15 is 0 Å². The van der Waals surface area contributed by atoms with E-state index in [1.165, 1.54) is 32.1 Å². The van der Waals surface area contributed by atoms with Crippen LogP contribution in [-0.4, -0.2) is 16.1 Å². The maximum atomic E-state index is 10.9. The summed E-state index contributed by atoms with van der Waals surface area (Å²) in [7, 11) is 0. The Balaban J connectivity index is 2.21. The summed E-state index contributed by atoms with van der Waals surface area (Å²) in [5.41, 5.74) is 2.32. The summed E-state index contributed by atoms with van der Waals surface area (Å²) < 4.78 is 0. The van der Waals surface area contributed by atoms with Gasteiger partial charge in [0, 0.05) is 11.4 Å². The van der Waals surface area contributed by atoms with Gasteiger partial charge in [-0.25, -0.2) is 4.79 Å². The zero-order chi connectivity index (χ0) is 10.8. The van der Waals surface area contributed by atoms with Crippen LogP contribution in [0.4, 0.5) is 0 Å². The molecule has 0 saturated heterocycles. The second-order valence-corrected chi connectivity index (χ2v) is 4.40. The summed E-state index contributed by atoms with van der Waals surface area (Å²) in [5, 5.41) is 8.96. The van der Waals surface area contributed by atoms with Crippen LogP contribution in [0.2, 0.25) is 0 Å². The van der Waals surface area contributed by atoms with Crippen LogP contribution in [0.3, 0.4) is 0 Å². The molecule has 0 aliphatic heterocycles. The van der Waals surface area contributed by atoms with Gasteiger partial charge < -0.3 is 10.1 Å². The molecule has 82 valence electrons. The number of hydrogen-bond donors (Lipinski definition) is 2.